The summed E-state index contributed by atoms with van der Waals surface area (Å²) in [6.45, 7) is 4.33. The van der Waals surface area contributed by atoms with Crippen molar-refractivity contribution in [2.45, 2.75) is 20.0 Å². The molecule has 0 radical (unpaired) electrons. The second-order valence-corrected chi connectivity index (χ2v) is 6.65. The minimum absolute atomic E-state index is 0.155. The van der Waals surface area contributed by atoms with Gasteiger partial charge in [-0.05, 0) is 43.7 Å². The number of furan rings is 1. The monoisotopic (exact) mass is 341 g/mol. The van der Waals surface area contributed by atoms with E-state index in [-0.39, 0.29) is 6.17 Å². The van der Waals surface area contributed by atoms with Gasteiger partial charge in [0.2, 0.25) is 5.71 Å². The Morgan fingerprint density at radius 1 is 0.885 bits per heavy atom. The maximum absolute atomic E-state index is 6.16. The van der Waals surface area contributed by atoms with Crippen LogP contribution in [0.25, 0.3) is 22.1 Å². The fourth-order valence-electron chi connectivity index (χ4n) is 3.77. The molecule has 2 aromatic carbocycles. The van der Waals surface area contributed by atoms with E-state index in [1.165, 1.54) is 11.3 Å². The van der Waals surface area contributed by atoms with Gasteiger partial charge in [0, 0.05) is 35.1 Å². The molecular formula is C22H19N3O. The number of para-hydroxylation sites is 1. The Hall–Kier alpha value is -3.27. The number of nitrogens with zero attached hydrogens (tertiary/aromatic N) is 3. The fourth-order valence-corrected chi connectivity index (χ4v) is 3.77. The molecule has 0 unspecified atom stereocenters. The van der Waals surface area contributed by atoms with Gasteiger partial charge >= 0.3 is 0 Å². The molecule has 26 heavy (non-hydrogen) atoms. The van der Waals surface area contributed by atoms with Gasteiger partial charge in [0.05, 0.1) is 5.69 Å². The van der Waals surface area contributed by atoms with Crippen LogP contribution in [0.5, 0.6) is 0 Å². The van der Waals surface area contributed by atoms with Crippen LogP contribution in [-0.2, 0) is 0 Å². The first-order chi connectivity index (χ1) is 12.7. The molecule has 0 N–H and O–H groups in total. The maximum Gasteiger partial charge on any atom is 0.227 e. The normalized spacial score (nSPS) is 16.9. The van der Waals surface area contributed by atoms with E-state index in [1.807, 2.05) is 12.1 Å². The van der Waals surface area contributed by atoms with Crippen molar-refractivity contribution in [3.05, 3.63) is 78.8 Å². The highest BCUT2D eigenvalue weighted by Gasteiger charge is 2.28. The summed E-state index contributed by atoms with van der Waals surface area (Å²) in [5.41, 5.74) is 5.04. The zero-order chi connectivity index (χ0) is 17.7. The summed E-state index contributed by atoms with van der Waals surface area (Å²) in [6, 6.07) is 18.7. The van der Waals surface area contributed by atoms with Crippen molar-refractivity contribution in [3.63, 3.8) is 0 Å². The summed E-state index contributed by atoms with van der Waals surface area (Å²) >= 11 is 0. The molecule has 0 spiro atoms. The average Bonchev–Trinajstić information content (AvgIpc) is 3.23. The van der Waals surface area contributed by atoms with E-state index in [0.29, 0.717) is 5.71 Å². The van der Waals surface area contributed by atoms with Crippen LogP contribution in [0, 0.1) is 6.92 Å². The Kier molecular flexibility index (Phi) is 3.25. The molecule has 5 rings (SSSR count). The quantitative estimate of drug-likeness (QED) is 0.486. The molecule has 1 aliphatic heterocycles. The lowest BCUT2D eigenvalue weighted by atomic mass is 10.1. The van der Waals surface area contributed by atoms with Crippen molar-refractivity contribution in [3.8, 4) is 0 Å². The minimum Gasteiger partial charge on any atom is -0.435 e. The van der Waals surface area contributed by atoms with E-state index in [0.717, 1.165) is 22.0 Å². The Bertz CT molecular complexity index is 1130. The van der Waals surface area contributed by atoms with E-state index in [4.69, 9.17) is 4.42 Å². The lowest BCUT2D eigenvalue weighted by Crippen LogP contribution is -2.36. The maximum atomic E-state index is 6.16. The summed E-state index contributed by atoms with van der Waals surface area (Å²) < 4.78 is 6.16. The fraction of sp³-hybridized carbons (Fsp3) is 0.136. The predicted octanol–water partition coefficient (Wildman–Crippen LogP) is 5.43. The van der Waals surface area contributed by atoms with Crippen LogP contribution in [-0.4, -0.2) is 11.1 Å². The first-order valence-corrected chi connectivity index (χ1v) is 8.81. The van der Waals surface area contributed by atoms with Gasteiger partial charge in [0.15, 0.2) is 5.58 Å². The highest BCUT2D eigenvalue weighted by atomic mass is 16.3. The number of rotatable bonds is 2. The van der Waals surface area contributed by atoms with E-state index >= 15 is 0 Å². The van der Waals surface area contributed by atoms with Crippen molar-refractivity contribution in [1.82, 2.24) is 4.98 Å². The SMILES string of the molecule is Cc1ccc2c(oc3ncccc32)c1N1C=CN(c2ccccc2)[C@@H]1C. The minimum atomic E-state index is 0.155. The zero-order valence-electron chi connectivity index (χ0n) is 14.8. The van der Waals surface area contributed by atoms with Crippen LogP contribution < -0.4 is 9.80 Å². The third-order valence-corrected chi connectivity index (χ3v) is 5.10. The number of aryl methyl sites for hydroxylation is 1. The van der Waals surface area contributed by atoms with Crippen LogP contribution in [0.1, 0.15) is 12.5 Å². The van der Waals surface area contributed by atoms with E-state index < -0.39 is 0 Å². The molecule has 0 saturated heterocycles. The van der Waals surface area contributed by atoms with Gasteiger partial charge in [-0.1, -0.05) is 30.3 Å². The van der Waals surface area contributed by atoms with E-state index in [2.05, 4.69) is 83.5 Å². The largest absolute Gasteiger partial charge is 0.435 e. The van der Waals surface area contributed by atoms with Gasteiger partial charge in [0.25, 0.3) is 0 Å². The standard InChI is InChI=1S/C22H19N3O/c1-15-10-11-18-19-9-6-12-23-22(19)26-21(18)20(15)25-14-13-24(16(25)2)17-7-4-3-5-8-17/h3-14,16H,1-2H3/t16-/m0/s1. The molecule has 1 atom stereocenters. The molecule has 128 valence electrons. The number of aromatic nitrogens is 1. The molecule has 0 saturated carbocycles. The summed E-state index contributed by atoms with van der Waals surface area (Å²) in [6.07, 6.45) is 6.18. The van der Waals surface area contributed by atoms with Crippen LogP contribution in [0.2, 0.25) is 0 Å². The highest BCUT2D eigenvalue weighted by Crippen LogP contribution is 2.39. The summed E-state index contributed by atoms with van der Waals surface area (Å²) in [4.78, 5) is 8.92. The molecule has 4 aromatic rings. The lowest BCUT2D eigenvalue weighted by molar-refractivity contribution is 0.648. The smallest absolute Gasteiger partial charge is 0.227 e. The molecule has 3 heterocycles. The Labute approximate surface area is 152 Å². The average molecular weight is 341 g/mol. The predicted molar refractivity (Wildman–Crippen MR) is 106 cm³/mol. The Morgan fingerprint density at radius 3 is 2.54 bits per heavy atom. The summed E-state index contributed by atoms with van der Waals surface area (Å²) in [7, 11) is 0. The summed E-state index contributed by atoms with van der Waals surface area (Å²) in [5, 5.41) is 2.16. The number of anilines is 2. The number of pyridine rings is 1. The van der Waals surface area contributed by atoms with Crippen molar-refractivity contribution in [2.75, 3.05) is 9.80 Å². The third-order valence-electron chi connectivity index (χ3n) is 5.10. The van der Waals surface area contributed by atoms with Crippen molar-refractivity contribution in [2.24, 2.45) is 0 Å². The number of hydrogen-bond acceptors (Lipinski definition) is 4. The van der Waals surface area contributed by atoms with Crippen molar-refractivity contribution < 1.29 is 4.42 Å². The zero-order valence-corrected chi connectivity index (χ0v) is 14.8. The van der Waals surface area contributed by atoms with Gasteiger partial charge in [-0.15, -0.1) is 0 Å². The first-order valence-electron chi connectivity index (χ1n) is 8.81. The first kappa shape index (κ1) is 15.0. The molecule has 0 fully saturated rings. The summed E-state index contributed by atoms with van der Waals surface area (Å²) in [5.74, 6) is 0. The molecule has 1 aliphatic rings. The number of fused-ring (bicyclic) bond motifs is 3. The van der Waals surface area contributed by atoms with Gasteiger partial charge in [-0.3, -0.25) is 0 Å². The topological polar surface area (TPSA) is 32.5 Å². The number of hydrogen-bond donors (Lipinski definition) is 0. The van der Waals surface area contributed by atoms with Gasteiger partial charge in [-0.2, -0.15) is 0 Å². The van der Waals surface area contributed by atoms with Crippen LogP contribution in [0.15, 0.2) is 77.6 Å². The van der Waals surface area contributed by atoms with Gasteiger partial charge < -0.3 is 14.2 Å². The molecule has 0 aliphatic carbocycles. The Balaban J connectivity index is 1.65. The van der Waals surface area contributed by atoms with Crippen LogP contribution >= 0.6 is 0 Å². The Morgan fingerprint density at radius 2 is 1.69 bits per heavy atom. The van der Waals surface area contributed by atoms with Crippen LogP contribution in [0.4, 0.5) is 11.4 Å². The second kappa shape index (κ2) is 5.63. The molecular weight excluding hydrogens is 322 g/mol. The second-order valence-electron chi connectivity index (χ2n) is 6.65. The van der Waals surface area contributed by atoms with E-state index in [1.54, 1.807) is 6.20 Å². The van der Waals surface area contributed by atoms with Gasteiger partial charge in [-0.25, -0.2) is 4.98 Å². The molecule has 0 amide bonds. The van der Waals surface area contributed by atoms with Crippen molar-refractivity contribution in [1.29, 1.82) is 0 Å². The lowest BCUT2D eigenvalue weighted by Gasteiger charge is -2.30. The van der Waals surface area contributed by atoms with Crippen LogP contribution in [0.3, 0.4) is 0 Å². The third kappa shape index (κ3) is 2.12. The van der Waals surface area contributed by atoms with Crippen molar-refractivity contribution >= 4 is 33.4 Å². The molecule has 0 bridgehead atoms. The number of benzene rings is 2. The molecule has 2 aromatic heterocycles. The molecule has 4 heteroatoms. The molecule has 4 nitrogen and oxygen atoms in total. The van der Waals surface area contributed by atoms with Gasteiger partial charge in [0.1, 0.15) is 6.17 Å². The highest BCUT2D eigenvalue weighted by molar-refractivity contribution is 6.08. The van der Waals surface area contributed by atoms with E-state index in [9.17, 15) is 0 Å².